The number of nitrogens with zero attached hydrogens (tertiary/aromatic N) is 1. The lowest BCUT2D eigenvalue weighted by molar-refractivity contribution is 0.0991. The fraction of sp³-hybridized carbons (Fsp3) is 0.0952. The van der Waals surface area contributed by atoms with Gasteiger partial charge in [-0.3, -0.25) is 9.10 Å². The van der Waals surface area contributed by atoms with Crippen molar-refractivity contribution >= 4 is 37.4 Å². The van der Waals surface area contributed by atoms with Crippen LogP contribution in [0.5, 0.6) is 0 Å². The third-order valence-electron chi connectivity index (χ3n) is 4.37. The van der Waals surface area contributed by atoms with E-state index in [-0.39, 0.29) is 22.4 Å². The van der Waals surface area contributed by atoms with Crippen LogP contribution in [-0.4, -0.2) is 21.2 Å². The number of sulfonamides is 1. The van der Waals surface area contributed by atoms with Crippen molar-refractivity contribution in [1.29, 1.82) is 0 Å². The number of carbonyl (C=O) groups excluding carboxylic acids is 1. The van der Waals surface area contributed by atoms with Gasteiger partial charge in [-0.2, -0.15) is 0 Å². The monoisotopic (exact) mass is 479 g/mol. The van der Waals surface area contributed by atoms with Gasteiger partial charge in [0.25, 0.3) is 10.0 Å². The van der Waals surface area contributed by atoms with Crippen molar-refractivity contribution in [2.75, 3.05) is 11.4 Å². The molecule has 0 radical (unpaired) electrons. The standard InChI is InChI=1S/C21H16BrF2NO3S/c1-25(18-9-6-16(22)7-10-18)29(27,28)19-4-2-3-15(11-19)21(26)12-14-5-8-17(23)13-20(14)24/h2-11,13H,12H2,1H3. The van der Waals surface area contributed by atoms with Gasteiger partial charge in [0.2, 0.25) is 0 Å². The highest BCUT2D eigenvalue weighted by atomic mass is 79.9. The van der Waals surface area contributed by atoms with Gasteiger partial charge < -0.3 is 0 Å². The number of benzene rings is 3. The molecule has 0 saturated carbocycles. The maximum atomic E-state index is 13.8. The fourth-order valence-corrected chi connectivity index (χ4v) is 4.22. The lowest BCUT2D eigenvalue weighted by Gasteiger charge is -2.20. The summed E-state index contributed by atoms with van der Waals surface area (Å²) in [5, 5.41) is 0. The summed E-state index contributed by atoms with van der Waals surface area (Å²) in [5.74, 6) is -2.03. The van der Waals surface area contributed by atoms with Gasteiger partial charge in [-0.05, 0) is 48.0 Å². The van der Waals surface area contributed by atoms with Gasteiger partial charge in [-0.15, -0.1) is 0 Å². The second-order valence-electron chi connectivity index (χ2n) is 6.31. The van der Waals surface area contributed by atoms with E-state index >= 15 is 0 Å². The summed E-state index contributed by atoms with van der Waals surface area (Å²) in [6.07, 6.45) is -0.307. The Morgan fingerprint density at radius 2 is 1.69 bits per heavy atom. The van der Waals surface area contributed by atoms with Gasteiger partial charge in [-0.1, -0.05) is 34.1 Å². The zero-order valence-corrected chi connectivity index (χ0v) is 17.7. The van der Waals surface area contributed by atoms with Crippen molar-refractivity contribution in [2.45, 2.75) is 11.3 Å². The first kappa shape index (κ1) is 21.1. The van der Waals surface area contributed by atoms with Gasteiger partial charge in [0.05, 0.1) is 10.6 Å². The van der Waals surface area contributed by atoms with Crippen LogP contribution in [0.25, 0.3) is 0 Å². The van der Waals surface area contributed by atoms with Crippen LogP contribution < -0.4 is 4.31 Å². The molecule has 0 spiro atoms. The Kier molecular flexibility index (Phi) is 6.14. The van der Waals surface area contributed by atoms with E-state index in [0.29, 0.717) is 11.8 Å². The lowest BCUT2D eigenvalue weighted by atomic mass is 10.0. The summed E-state index contributed by atoms with van der Waals surface area (Å²) < 4.78 is 54.7. The number of ketones is 1. The van der Waals surface area contributed by atoms with Crippen molar-refractivity contribution < 1.29 is 22.0 Å². The highest BCUT2D eigenvalue weighted by Crippen LogP contribution is 2.24. The Hall–Kier alpha value is -2.58. The highest BCUT2D eigenvalue weighted by molar-refractivity contribution is 9.10. The van der Waals surface area contributed by atoms with Crippen LogP contribution in [-0.2, 0) is 16.4 Å². The topological polar surface area (TPSA) is 54.5 Å². The van der Waals surface area contributed by atoms with Crippen LogP contribution >= 0.6 is 15.9 Å². The van der Waals surface area contributed by atoms with Crippen LogP contribution in [0.2, 0.25) is 0 Å². The molecule has 0 fully saturated rings. The van der Waals surface area contributed by atoms with Crippen molar-refractivity contribution in [3.05, 3.63) is 94.0 Å². The van der Waals surface area contributed by atoms with Crippen molar-refractivity contribution in [3.63, 3.8) is 0 Å². The largest absolute Gasteiger partial charge is 0.294 e. The predicted octanol–water partition coefficient (Wildman–Crippen LogP) is 4.98. The Balaban J connectivity index is 1.87. The van der Waals surface area contributed by atoms with Gasteiger partial charge >= 0.3 is 0 Å². The van der Waals surface area contributed by atoms with Crippen molar-refractivity contribution in [1.82, 2.24) is 0 Å². The molecule has 3 aromatic rings. The van der Waals surface area contributed by atoms with Crippen molar-refractivity contribution in [3.8, 4) is 0 Å². The van der Waals surface area contributed by atoms with Gasteiger partial charge in [0.1, 0.15) is 11.6 Å². The number of carbonyl (C=O) groups is 1. The maximum absolute atomic E-state index is 13.8. The quantitative estimate of drug-likeness (QED) is 0.468. The number of halogens is 3. The second kappa shape index (κ2) is 8.42. The Morgan fingerprint density at radius 1 is 1.00 bits per heavy atom. The summed E-state index contributed by atoms with van der Waals surface area (Å²) in [6.45, 7) is 0. The van der Waals surface area contributed by atoms with E-state index in [0.717, 1.165) is 14.8 Å². The molecule has 150 valence electrons. The Morgan fingerprint density at radius 3 is 2.34 bits per heavy atom. The summed E-state index contributed by atoms with van der Waals surface area (Å²) in [6, 6.07) is 15.3. The molecule has 0 bridgehead atoms. The van der Waals surface area contributed by atoms with Crippen LogP contribution in [0.3, 0.4) is 0 Å². The van der Waals surface area contributed by atoms with E-state index in [2.05, 4.69) is 15.9 Å². The Bertz CT molecular complexity index is 1160. The first-order chi connectivity index (χ1) is 13.7. The van der Waals surface area contributed by atoms with E-state index in [4.69, 9.17) is 0 Å². The molecule has 0 aliphatic rings. The summed E-state index contributed by atoms with van der Waals surface area (Å²) >= 11 is 3.30. The molecule has 4 nitrogen and oxygen atoms in total. The number of rotatable bonds is 6. The minimum absolute atomic E-state index is 0.0386. The number of anilines is 1. The van der Waals surface area contributed by atoms with Crippen LogP contribution in [0.1, 0.15) is 15.9 Å². The van der Waals surface area contributed by atoms with E-state index in [9.17, 15) is 22.0 Å². The summed E-state index contributed by atoms with van der Waals surface area (Å²) in [5.41, 5.74) is 0.619. The van der Waals surface area contributed by atoms with Crippen LogP contribution in [0.4, 0.5) is 14.5 Å². The summed E-state index contributed by atoms with van der Waals surface area (Å²) in [7, 11) is -2.49. The molecule has 0 saturated heterocycles. The molecule has 0 atom stereocenters. The van der Waals surface area contributed by atoms with Crippen LogP contribution in [0.15, 0.2) is 76.1 Å². The van der Waals surface area contributed by atoms with Gasteiger partial charge in [-0.25, -0.2) is 17.2 Å². The van der Waals surface area contributed by atoms with Crippen molar-refractivity contribution in [2.24, 2.45) is 0 Å². The molecule has 0 N–H and O–H groups in total. The number of hydrogen-bond donors (Lipinski definition) is 0. The molecular weight excluding hydrogens is 464 g/mol. The molecular formula is C21H16BrF2NO3S. The minimum atomic E-state index is -3.91. The molecule has 0 heterocycles. The van der Waals surface area contributed by atoms with Crippen LogP contribution in [0, 0.1) is 11.6 Å². The average molecular weight is 480 g/mol. The first-order valence-corrected chi connectivity index (χ1v) is 10.7. The predicted molar refractivity (Wildman–Crippen MR) is 111 cm³/mol. The molecule has 3 rings (SSSR count). The molecule has 0 aliphatic carbocycles. The lowest BCUT2D eigenvalue weighted by Crippen LogP contribution is -2.26. The Labute approximate surface area is 176 Å². The van der Waals surface area contributed by atoms with E-state index in [1.54, 1.807) is 24.3 Å². The third kappa shape index (κ3) is 4.71. The molecule has 0 aliphatic heterocycles. The molecule has 29 heavy (non-hydrogen) atoms. The SMILES string of the molecule is CN(c1ccc(Br)cc1)S(=O)(=O)c1cccc(C(=O)Cc2ccc(F)cc2F)c1. The highest BCUT2D eigenvalue weighted by Gasteiger charge is 2.22. The molecule has 3 aromatic carbocycles. The normalized spacial score (nSPS) is 11.3. The zero-order chi connectivity index (χ0) is 21.2. The third-order valence-corrected chi connectivity index (χ3v) is 6.68. The number of hydrogen-bond acceptors (Lipinski definition) is 3. The second-order valence-corrected chi connectivity index (χ2v) is 9.20. The van der Waals surface area contributed by atoms with Gasteiger partial charge in [0.15, 0.2) is 5.78 Å². The number of Topliss-reactive ketones (excluding diaryl/α,β-unsaturated/α-hetero) is 1. The maximum Gasteiger partial charge on any atom is 0.264 e. The van der Waals surface area contributed by atoms with E-state index < -0.39 is 27.4 Å². The smallest absolute Gasteiger partial charge is 0.264 e. The molecule has 0 unspecified atom stereocenters. The van der Waals surface area contributed by atoms with E-state index in [1.165, 1.54) is 37.4 Å². The average Bonchev–Trinajstić information content (AvgIpc) is 2.70. The fourth-order valence-electron chi connectivity index (χ4n) is 2.72. The molecule has 8 heteroatoms. The van der Waals surface area contributed by atoms with E-state index in [1.807, 2.05) is 0 Å². The minimum Gasteiger partial charge on any atom is -0.294 e. The summed E-state index contributed by atoms with van der Waals surface area (Å²) in [4.78, 5) is 12.5. The molecule has 0 aromatic heterocycles. The zero-order valence-electron chi connectivity index (χ0n) is 15.3. The first-order valence-electron chi connectivity index (χ1n) is 8.50. The van der Waals surface area contributed by atoms with Gasteiger partial charge in [0, 0.05) is 29.6 Å². The molecule has 0 amide bonds.